The van der Waals surface area contributed by atoms with Crippen molar-refractivity contribution in [2.45, 2.75) is 0 Å². The van der Waals surface area contributed by atoms with Crippen LogP contribution in [0.5, 0.6) is 0 Å². The van der Waals surface area contributed by atoms with E-state index >= 15 is 0 Å². The van der Waals surface area contributed by atoms with E-state index in [4.69, 9.17) is 52.1 Å². The van der Waals surface area contributed by atoms with Crippen molar-refractivity contribution >= 4 is 57.8 Å². The summed E-state index contributed by atoms with van der Waals surface area (Å²) in [6.07, 6.45) is 0. The molecule has 1 aliphatic rings. The van der Waals surface area contributed by atoms with Crippen molar-refractivity contribution in [1.82, 2.24) is 0 Å². The molecule has 3 rings (SSSR count). The Kier molecular flexibility index (Phi) is 3.26. The summed E-state index contributed by atoms with van der Waals surface area (Å²) in [5.74, 6) is 0. The molecule has 0 atom stereocenters. The van der Waals surface area contributed by atoms with Gasteiger partial charge in [-0.3, -0.25) is 0 Å². The second kappa shape index (κ2) is 4.71. The third kappa shape index (κ3) is 1.71. The van der Waals surface area contributed by atoms with Crippen LogP contribution in [-0.4, -0.2) is 10.9 Å². The topological polar surface area (TPSA) is 58.6 Å². The summed E-state index contributed by atoms with van der Waals surface area (Å²) >= 11 is 24.6. The molecule has 20 heavy (non-hydrogen) atoms. The fourth-order valence-corrected chi connectivity index (χ4v) is 3.31. The van der Waals surface area contributed by atoms with Gasteiger partial charge in [-0.15, -0.1) is 0 Å². The predicted octanol–water partition coefficient (Wildman–Crippen LogP) is 5.09. The molecule has 0 heterocycles. The number of oxime groups is 1. The zero-order valence-corrected chi connectivity index (χ0v) is 12.7. The number of benzene rings is 2. The van der Waals surface area contributed by atoms with E-state index in [0.717, 1.165) is 5.56 Å². The monoisotopic (exact) mass is 346 g/mol. The summed E-state index contributed by atoms with van der Waals surface area (Å²) in [5, 5.41) is 13.7. The average Bonchev–Trinajstić information content (AvgIpc) is 2.76. The number of anilines is 1. The molecular formula is C13H6Cl4N2O. The van der Waals surface area contributed by atoms with E-state index in [-0.39, 0.29) is 26.5 Å². The second-order valence-corrected chi connectivity index (χ2v) is 5.81. The minimum atomic E-state index is 0.150. The Hall–Kier alpha value is -1.13. The molecular weight excluding hydrogens is 342 g/mol. The molecule has 0 bridgehead atoms. The number of nitrogens with zero attached hydrogens (tertiary/aromatic N) is 1. The summed E-state index contributed by atoms with van der Waals surface area (Å²) in [5.41, 5.74) is 8.66. The van der Waals surface area contributed by atoms with Gasteiger partial charge in [-0.25, -0.2) is 0 Å². The summed E-state index contributed by atoms with van der Waals surface area (Å²) in [4.78, 5) is 0. The van der Waals surface area contributed by atoms with Crippen molar-refractivity contribution < 1.29 is 5.21 Å². The quantitative estimate of drug-likeness (QED) is 0.257. The van der Waals surface area contributed by atoms with E-state index < -0.39 is 0 Å². The predicted molar refractivity (Wildman–Crippen MR) is 83.8 cm³/mol. The Morgan fingerprint density at radius 3 is 2.25 bits per heavy atom. The normalized spacial score (nSPS) is 14.5. The number of rotatable bonds is 0. The van der Waals surface area contributed by atoms with Crippen molar-refractivity contribution in [3.05, 3.63) is 49.4 Å². The van der Waals surface area contributed by atoms with Crippen LogP contribution in [0.15, 0.2) is 23.4 Å². The maximum atomic E-state index is 9.30. The standard InChI is InChI=1S/C13H6Cl4N2O/c14-4-1-2-5-6(3-4)13(19-20)8-7(5)9(15)11(17)12(18)10(8)16/h1-3,20H,18H2/b19-13+. The molecule has 0 saturated carbocycles. The van der Waals surface area contributed by atoms with Crippen molar-refractivity contribution in [2.24, 2.45) is 5.16 Å². The van der Waals surface area contributed by atoms with Gasteiger partial charge in [0.25, 0.3) is 0 Å². The lowest BCUT2D eigenvalue weighted by Gasteiger charge is -2.11. The first kappa shape index (κ1) is 13.8. The van der Waals surface area contributed by atoms with Crippen molar-refractivity contribution in [2.75, 3.05) is 5.73 Å². The Balaban J connectivity index is 2.51. The number of fused-ring (bicyclic) bond motifs is 3. The van der Waals surface area contributed by atoms with Crippen LogP contribution < -0.4 is 5.73 Å². The summed E-state index contributed by atoms with van der Waals surface area (Å²) < 4.78 is 0. The highest BCUT2D eigenvalue weighted by atomic mass is 35.5. The minimum absolute atomic E-state index is 0.150. The number of halogens is 4. The minimum Gasteiger partial charge on any atom is -0.410 e. The summed E-state index contributed by atoms with van der Waals surface area (Å²) in [6.45, 7) is 0. The first-order chi connectivity index (χ1) is 9.47. The number of nitrogens with two attached hydrogens (primary N) is 1. The van der Waals surface area contributed by atoms with Gasteiger partial charge in [-0.05, 0) is 17.7 Å². The highest BCUT2D eigenvalue weighted by molar-refractivity contribution is 6.51. The number of hydrogen-bond donors (Lipinski definition) is 2. The molecule has 2 aromatic carbocycles. The number of hydrogen-bond acceptors (Lipinski definition) is 3. The maximum Gasteiger partial charge on any atom is 0.120 e. The smallest absolute Gasteiger partial charge is 0.120 e. The van der Waals surface area contributed by atoms with Crippen molar-refractivity contribution in [3.8, 4) is 11.1 Å². The van der Waals surface area contributed by atoms with Crippen LogP contribution in [0.4, 0.5) is 5.69 Å². The van der Waals surface area contributed by atoms with E-state index in [2.05, 4.69) is 5.16 Å². The van der Waals surface area contributed by atoms with Gasteiger partial charge in [0.2, 0.25) is 0 Å². The molecule has 0 aromatic heterocycles. The van der Waals surface area contributed by atoms with E-state index in [1.165, 1.54) is 0 Å². The van der Waals surface area contributed by atoms with Gasteiger partial charge in [-0.1, -0.05) is 57.6 Å². The molecule has 3 N–H and O–H groups in total. The second-order valence-electron chi connectivity index (χ2n) is 4.24. The number of nitrogen functional groups attached to an aromatic ring is 1. The lowest BCUT2D eigenvalue weighted by molar-refractivity contribution is 0.320. The van der Waals surface area contributed by atoms with Gasteiger partial charge < -0.3 is 10.9 Å². The molecule has 0 aliphatic heterocycles. The van der Waals surface area contributed by atoms with Crippen LogP contribution in [0.3, 0.4) is 0 Å². The third-order valence-electron chi connectivity index (χ3n) is 3.20. The Morgan fingerprint density at radius 2 is 1.60 bits per heavy atom. The first-order valence-electron chi connectivity index (χ1n) is 5.46. The Bertz CT molecular complexity index is 787. The van der Waals surface area contributed by atoms with Crippen LogP contribution in [0, 0.1) is 0 Å². The molecule has 2 aromatic rings. The Morgan fingerprint density at radius 1 is 0.900 bits per heavy atom. The summed E-state index contributed by atoms with van der Waals surface area (Å²) in [7, 11) is 0. The lowest BCUT2D eigenvalue weighted by atomic mass is 10.1. The van der Waals surface area contributed by atoms with E-state index in [9.17, 15) is 5.21 Å². The molecule has 0 saturated heterocycles. The zero-order valence-electron chi connectivity index (χ0n) is 9.72. The van der Waals surface area contributed by atoms with Gasteiger partial charge in [0, 0.05) is 21.7 Å². The highest BCUT2D eigenvalue weighted by Gasteiger charge is 2.33. The third-order valence-corrected chi connectivity index (χ3v) is 4.69. The molecule has 7 heteroatoms. The van der Waals surface area contributed by atoms with Crippen LogP contribution >= 0.6 is 46.4 Å². The van der Waals surface area contributed by atoms with E-state index in [0.29, 0.717) is 21.7 Å². The van der Waals surface area contributed by atoms with Gasteiger partial charge in [0.15, 0.2) is 0 Å². The molecule has 0 fully saturated rings. The lowest BCUT2D eigenvalue weighted by Crippen LogP contribution is -2.02. The maximum absolute atomic E-state index is 9.30. The molecule has 102 valence electrons. The van der Waals surface area contributed by atoms with Crippen LogP contribution in [0.25, 0.3) is 11.1 Å². The first-order valence-corrected chi connectivity index (χ1v) is 6.97. The summed E-state index contributed by atoms with van der Waals surface area (Å²) in [6, 6.07) is 5.14. The molecule has 0 spiro atoms. The SMILES string of the molecule is Nc1c(Cl)c(Cl)c2c(c1Cl)/C(=N/O)c1cc(Cl)ccc1-2. The van der Waals surface area contributed by atoms with E-state index in [1.807, 2.05) is 0 Å². The van der Waals surface area contributed by atoms with Gasteiger partial charge in [0.1, 0.15) is 5.71 Å². The Labute approximate surface area is 134 Å². The van der Waals surface area contributed by atoms with Crippen molar-refractivity contribution in [1.29, 1.82) is 0 Å². The molecule has 0 radical (unpaired) electrons. The van der Waals surface area contributed by atoms with Crippen molar-refractivity contribution in [3.63, 3.8) is 0 Å². The molecule has 0 amide bonds. The molecule has 3 nitrogen and oxygen atoms in total. The van der Waals surface area contributed by atoms with E-state index in [1.54, 1.807) is 18.2 Å². The van der Waals surface area contributed by atoms with Crippen LogP contribution in [-0.2, 0) is 0 Å². The van der Waals surface area contributed by atoms with Crippen LogP contribution in [0.1, 0.15) is 11.1 Å². The van der Waals surface area contributed by atoms with Crippen LogP contribution in [0.2, 0.25) is 20.1 Å². The largest absolute Gasteiger partial charge is 0.410 e. The molecule has 1 aliphatic carbocycles. The van der Waals surface area contributed by atoms with Gasteiger partial charge >= 0.3 is 0 Å². The fourth-order valence-electron chi connectivity index (χ4n) is 2.32. The zero-order chi connectivity index (χ0) is 14.6. The fraction of sp³-hybridized carbons (Fsp3) is 0. The van der Waals surface area contributed by atoms with Gasteiger partial charge in [0.05, 0.1) is 20.8 Å². The molecule has 0 unspecified atom stereocenters. The highest BCUT2D eigenvalue weighted by Crippen LogP contribution is 2.50. The van der Waals surface area contributed by atoms with Gasteiger partial charge in [-0.2, -0.15) is 0 Å². The average molecular weight is 348 g/mol.